The molecule has 0 aromatic carbocycles. The Balaban J connectivity index is 4.29. The first-order chi connectivity index (χ1) is 42.0. The van der Waals surface area contributed by atoms with Crippen LogP contribution in [0.2, 0.25) is 0 Å². The van der Waals surface area contributed by atoms with Gasteiger partial charge in [-0.15, -0.1) is 0 Å². The van der Waals surface area contributed by atoms with Gasteiger partial charge >= 0.3 is 11.9 Å². The van der Waals surface area contributed by atoms with Gasteiger partial charge < -0.3 is 27.9 Å². The molecule has 9 nitrogen and oxygen atoms in total. The molecular weight excluding hydrogens is 1090 g/mol. The van der Waals surface area contributed by atoms with E-state index < -0.39 is 32.5 Å². The standard InChI is InChI=1S/C76H118NO8P/c1-6-8-10-12-14-16-18-20-22-24-26-28-30-32-34-36-37-38-39-41-42-44-46-48-50-52-54-56-58-60-62-64-66-68-75(78)82-72-74(73-84-86(80,81)83-71-70-77(3,4)5)85-76(79)69-67-65-63-61-59-57-55-53-51-49-47-45-43-40-35-33-31-29-27-25-23-21-19-17-15-13-11-9-7-2/h8-11,14-17,20-23,26-29,32-35,37-38,41-43,45-46,48-49,51,55,57,61,63,74H,6-7,12-13,18-19,24-25,30-31,36,39-40,44,47,50,52-54,56,58-60,62,64-73H2,1-5H3/b10-8-,11-9-,16-14-,17-15-,22-20-,23-21-,28-26-,29-27-,34-32-,35-33-,38-37-,42-41-,45-43-,48-46-,51-49-,57-55-,63-61-. The predicted molar refractivity (Wildman–Crippen MR) is 368 cm³/mol. The van der Waals surface area contributed by atoms with Crippen molar-refractivity contribution in [3.63, 3.8) is 0 Å². The fourth-order valence-corrected chi connectivity index (χ4v) is 8.58. The summed E-state index contributed by atoms with van der Waals surface area (Å²) in [6, 6.07) is 0. The number of carbonyl (C=O) groups excluding carboxylic acids is 2. The SMILES string of the molecule is CC/C=C\C/C=C\C/C=C\C/C=C\C/C=C\C/C=C\C/C=C\C/C=C\C/C=C\CCCC(=O)OC(COC(=O)CCCCCCCCCC/C=C\C/C=C\C/C=C\C/C=C\C/C=C\C/C=C\C/C=C\C/C=C\CC)COP(=O)([O-])OCC[N+](C)(C)C. The third kappa shape index (κ3) is 67.7. The summed E-state index contributed by atoms with van der Waals surface area (Å²) in [4.78, 5) is 38.0. The summed E-state index contributed by atoms with van der Waals surface area (Å²) in [5.41, 5.74) is 0. The summed E-state index contributed by atoms with van der Waals surface area (Å²) in [6.45, 7) is 3.90. The lowest BCUT2D eigenvalue weighted by Crippen LogP contribution is -2.37. The lowest BCUT2D eigenvalue weighted by atomic mass is 10.1. The van der Waals surface area contributed by atoms with Gasteiger partial charge in [-0.25, -0.2) is 0 Å². The van der Waals surface area contributed by atoms with Crippen molar-refractivity contribution in [1.29, 1.82) is 0 Å². The number of hydrogen-bond acceptors (Lipinski definition) is 8. The maximum atomic E-state index is 12.8. The first-order valence-corrected chi connectivity index (χ1v) is 34.3. The summed E-state index contributed by atoms with van der Waals surface area (Å²) < 4.78 is 34.1. The molecule has 10 heteroatoms. The minimum Gasteiger partial charge on any atom is -0.756 e. The molecule has 0 aliphatic carbocycles. The number of likely N-dealkylation sites (N-methyl/N-ethyl adjacent to an activating group) is 1. The highest BCUT2D eigenvalue weighted by molar-refractivity contribution is 7.45. The zero-order chi connectivity index (χ0) is 62.6. The zero-order valence-electron chi connectivity index (χ0n) is 54.4. The van der Waals surface area contributed by atoms with E-state index in [1.165, 1.54) is 25.7 Å². The van der Waals surface area contributed by atoms with E-state index in [1.54, 1.807) is 0 Å². The van der Waals surface area contributed by atoms with E-state index in [1.807, 2.05) is 27.2 Å². The van der Waals surface area contributed by atoms with Gasteiger partial charge in [-0.2, -0.15) is 0 Å². The number of phosphoric ester groups is 1. The Hall–Kier alpha value is -5.41. The number of esters is 2. The van der Waals surface area contributed by atoms with Crippen LogP contribution in [0.5, 0.6) is 0 Å². The van der Waals surface area contributed by atoms with Crippen molar-refractivity contribution in [2.45, 2.75) is 213 Å². The number of nitrogens with zero attached hydrogens (tertiary/aromatic N) is 1. The molecule has 0 aliphatic heterocycles. The van der Waals surface area contributed by atoms with Gasteiger partial charge in [-0.1, -0.05) is 259 Å². The number of rotatable bonds is 57. The van der Waals surface area contributed by atoms with Crippen LogP contribution in [0.25, 0.3) is 0 Å². The number of quaternary nitrogens is 1. The van der Waals surface area contributed by atoms with Crippen molar-refractivity contribution < 1.29 is 42.1 Å². The normalized spacial score (nSPS) is 14.5. The molecule has 0 saturated heterocycles. The molecule has 2 unspecified atom stereocenters. The Labute approximate surface area is 525 Å². The van der Waals surface area contributed by atoms with E-state index in [-0.39, 0.29) is 26.1 Å². The Morgan fingerprint density at radius 2 is 0.640 bits per heavy atom. The third-order valence-electron chi connectivity index (χ3n) is 12.8. The van der Waals surface area contributed by atoms with Crippen LogP contribution in [0.4, 0.5) is 0 Å². The van der Waals surface area contributed by atoms with Gasteiger partial charge in [0.15, 0.2) is 6.10 Å². The maximum absolute atomic E-state index is 12.8. The molecule has 0 aliphatic rings. The molecule has 0 amide bonds. The summed E-state index contributed by atoms with van der Waals surface area (Å²) in [5.74, 6) is -0.932. The Kier molecular flexibility index (Phi) is 60.0. The van der Waals surface area contributed by atoms with Gasteiger partial charge in [-0.05, 0) is 141 Å². The van der Waals surface area contributed by atoms with Crippen molar-refractivity contribution >= 4 is 19.8 Å². The highest BCUT2D eigenvalue weighted by atomic mass is 31.2. The Bertz CT molecular complexity index is 2200. The van der Waals surface area contributed by atoms with Crippen LogP contribution in [-0.4, -0.2) is 70.0 Å². The van der Waals surface area contributed by atoms with Gasteiger partial charge in [0.05, 0.1) is 27.7 Å². The minimum atomic E-state index is -4.68. The smallest absolute Gasteiger partial charge is 0.306 e. The third-order valence-corrected chi connectivity index (χ3v) is 13.8. The van der Waals surface area contributed by atoms with E-state index in [0.29, 0.717) is 30.3 Å². The zero-order valence-corrected chi connectivity index (χ0v) is 55.3. The van der Waals surface area contributed by atoms with Crippen LogP contribution in [-0.2, 0) is 32.7 Å². The molecule has 86 heavy (non-hydrogen) atoms. The quantitative estimate of drug-likeness (QED) is 0.0195. The van der Waals surface area contributed by atoms with E-state index in [0.717, 1.165) is 135 Å². The van der Waals surface area contributed by atoms with Gasteiger partial charge in [0, 0.05) is 12.8 Å². The molecule has 0 heterocycles. The molecule has 2 atom stereocenters. The molecule has 0 rings (SSSR count). The molecule has 0 aromatic heterocycles. The molecule has 0 spiro atoms. The van der Waals surface area contributed by atoms with Crippen LogP contribution in [0.3, 0.4) is 0 Å². The molecule has 0 fully saturated rings. The maximum Gasteiger partial charge on any atom is 0.306 e. The van der Waals surface area contributed by atoms with Gasteiger partial charge in [0.25, 0.3) is 7.82 Å². The number of unbranched alkanes of at least 4 members (excludes halogenated alkanes) is 9. The van der Waals surface area contributed by atoms with Crippen LogP contribution in [0, 0.1) is 0 Å². The number of ether oxygens (including phenoxy) is 2. The molecule has 0 bridgehead atoms. The fourth-order valence-electron chi connectivity index (χ4n) is 7.85. The molecule has 0 N–H and O–H groups in total. The molecule has 480 valence electrons. The van der Waals surface area contributed by atoms with Crippen LogP contribution in [0.1, 0.15) is 206 Å². The first-order valence-electron chi connectivity index (χ1n) is 32.8. The number of hydrogen-bond donors (Lipinski definition) is 0. The second kappa shape index (κ2) is 64.1. The van der Waals surface area contributed by atoms with Crippen LogP contribution < -0.4 is 4.89 Å². The predicted octanol–water partition coefficient (Wildman–Crippen LogP) is 20.8. The highest BCUT2D eigenvalue weighted by Gasteiger charge is 2.21. The fraction of sp³-hybridized carbons (Fsp3) is 0.526. The number of carbonyl (C=O) groups is 2. The monoisotopic (exact) mass is 1200 g/mol. The first kappa shape index (κ1) is 80.6. The molecule has 0 radical (unpaired) electrons. The highest BCUT2D eigenvalue weighted by Crippen LogP contribution is 2.38. The summed E-state index contributed by atoms with van der Waals surface area (Å²) >= 11 is 0. The molecular formula is C76H118NO8P. The minimum absolute atomic E-state index is 0.0559. The van der Waals surface area contributed by atoms with Crippen molar-refractivity contribution in [3.8, 4) is 0 Å². The molecule has 0 aromatic rings. The van der Waals surface area contributed by atoms with Crippen molar-refractivity contribution in [1.82, 2.24) is 0 Å². The second-order valence-electron chi connectivity index (χ2n) is 22.0. The van der Waals surface area contributed by atoms with Crippen molar-refractivity contribution in [2.75, 3.05) is 47.5 Å². The number of phosphoric acid groups is 1. The average molecular weight is 1200 g/mol. The second-order valence-corrected chi connectivity index (χ2v) is 23.4. The van der Waals surface area contributed by atoms with E-state index in [4.69, 9.17) is 18.5 Å². The average Bonchev–Trinajstić information content (AvgIpc) is 3.67. The van der Waals surface area contributed by atoms with Gasteiger partial charge in [0.1, 0.15) is 19.8 Å². The lowest BCUT2D eigenvalue weighted by molar-refractivity contribution is -0.870. The van der Waals surface area contributed by atoms with Crippen molar-refractivity contribution in [3.05, 3.63) is 207 Å². The largest absolute Gasteiger partial charge is 0.756 e. The molecule has 0 saturated carbocycles. The Morgan fingerprint density at radius 1 is 0.360 bits per heavy atom. The number of allylic oxidation sites excluding steroid dienone is 34. The lowest BCUT2D eigenvalue weighted by Gasteiger charge is -2.28. The van der Waals surface area contributed by atoms with E-state index >= 15 is 0 Å². The summed E-state index contributed by atoms with van der Waals surface area (Å²) in [7, 11) is 1.09. The van der Waals surface area contributed by atoms with Crippen LogP contribution in [0.15, 0.2) is 207 Å². The summed E-state index contributed by atoms with van der Waals surface area (Å²) in [5, 5.41) is 0. The van der Waals surface area contributed by atoms with E-state index in [9.17, 15) is 19.0 Å². The Morgan fingerprint density at radius 3 is 0.965 bits per heavy atom. The van der Waals surface area contributed by atoms with Gasteiger partial charge in [0.2, 0.25) is 0 Å². The van der Waals surface area contributed by atoms with Gasteiger partial charge in [-0.3, -0.25) is 14.2 Å². The topological polar surface area (TPSA) is 111 Å². The van der Waals surface area contributed by atoms with E-state index in [2.05, 4.69) is 214 Å². The van der Waals surface area contributed by atoms with Crippen molar-refractivity contribution in [2.24, 2.45) is 0 Å². The van der Waals surface area contributed by atoms with Crippen LogP contribution >= 0.6 is 7.82 Å². The summed E-state index contributed by atoms with van der Waals surface area (Å²) in [6.07, 6.45) is 102.